The van der Waals surface area contributed by atoms with Crippen LogP contribution in [0.4, 0.5) is 0 Å². The number of carbonyl (C=O) groups excluding carboxylic acids is 2. The zero-order valence-corrected chi connectivity index (χ0v) is 11.8. The SMILES string of the molecule is CCOC(=O)/C(=N\NC(=O)c1ccccc1C)OCC. The van der Waals surface area contributed by atoms with Gasteiger partial charge < -0.3 is 9.47 Å². The van der Waals surface area contributed by atoms with Gasteiger partial charge in [-0.15, -0.1) is 5.10 Å². The van der Waals surface area contributed by atoms with Crippen molar-refractivity contribution in [2.24, 2.45) is 5.10 Å². The second-order valence-electron chi connectivity index (χ2n) is 3.83. The van der Waals surface area contributed by atoms with Crippen LogP contribution >= 0.6 is 0 Å². The highest BCUT2D eigenvalue weighted by molar-refractivity contribution is 6.32. The zero-order valence-electron chi connectivity index (χ0n) is 11.8. The van der Waals surface area contributed by atoms with E-state index in [4.69, 9.17) is 9.47 Å². The molecule has 6 heteroatoms. The van der Waals surface area contributed by atoms with Gasteiger partial charge in [-0.25, -0.2) is 10.2 Å². The second-order valence-corrected chi connectivity index (χ2v) is 3.83. The van der Waals surface area contributed by atoms with E-state index in [1.165, 1.54) is 0 Å². The molecule has 0 saturated heterocycles. The molecule has 1 amide bonds. The quantitative estimate of drug-likeness (QED) is 0.393. The Balaban J connectivity index is 2.79. The van der Waals surface area contributed by atoms with E-state index in [1.54, 1.807) is 26.0 Å². The van der Waals surface area contributed by atoms with Crippen LogP contribution in [0, 0.1) is 6.92 Å². The second kappa shape index (κ2) is 7.93. The van der Waals surface area contributed by atoms with E-state index in [0.717, 1.165) is 5.56 Å². The Labute approximate surface area is 117 Å². The molecule has 0 radical (unpaired) electrons. The van der Waals surface area contributed by atoms with Crippen LogP contribution in [0.2, 0.25) is 0 Å². The third-order valence-electron chi connectivity index (χ3n) is 2.38. The summed E-state index contributed by atoms with van der Waals surface area (Å²) in [5.41, 5.74) is 3.58. The first kappa shape index (κ1) is 15.7. The summed E-state index contributed by atoms with van der Waals surface area (Å²) in [4.78, 5) is 23.4. The van der Waals surface area contributed by atoms with Crippen LogP contribution in [0.1, 0.15) is 29.8 Å². The molecule has 0 aliphatic carbocycles. The molecule has 0 heterocycles. The maximum absolute atomic E-state index is 11.9. The smallest absolute Gasteiger partial charge is 0.395 e. The summed E-state index contributed by atoms with van der Waals surface area (Å²) in [5, 5.41) is 3.67. The molecule has 0 unspecified atom stereocenters. The number of rotatable bonds is 4. The third-order valence-corrected chi connectivity index (χ3v) is 2.38. The van der Waals surface area contributed by atoms with Crippen LogP contribution in [0.25, 0.3) is 0 Å². The van der Waals surface area contributed by atoms with Crippen molar-refractivity contribution in [3.63, 3.8) is 0 Å². The first-order valence-corrected chi connectivity index (χ1v) is 6.33. The summed E-state index contributed by atoms with van der Waals surface area (Å²) in [5.74, 6) is -1.39. The highest BCUT2D eigenvalue weighted by Crippen LogP contribution is 2.06. The molecule has 0 spiro atoms. The minimum atomic E-state index is -0.709. The van der Waals surface area contributed by atoms with Gasteiger partial charge in [-0.1, -0.05) is 18.2 Å². The number of hydrogen-bond donors (Lipinski definition) is 1. The molecule has 0 aliphatic heterocycles. The minimum absolute atomic E-state index is 0.205. The summed E-state index contributed by atoms with van der Waals surface area (Å²) in [6.45, 7) is 5.65. The van der Waals surface area contributed by atoms with Gasteiger partial charge in [-0.2, -0.15) is 0 Å². The van der Waals surface area contributed by atoms with Crippen LogP contribution in [-0.4, -0.2) is 31.0 Å². The number of nitrogens with one attached hydrogen (secondary N) is 1. The highest BCUT2D eigenvalue weighted by atomic mass is 16.6. The first-order valence-electron chi connectivity index (χ1n) is 6.33. The van der Waals surface area contributed by atoms with Gasteiger partial charge in [0.1, 0.15) is 0 Å². The fraction of sp³-hybridized carbons (Fsp3) is 0.357. The Morgan fingerprint density at radius 2 is 1.80 bits per heavy atom. The molecule has 0 bridgehead atoms. The van der Waals surface area contributed by atoms with Crippen LogP contribution < -0.4 is 5.43 Å². The van der Waals surface area contributed by atoms with Gasteiger partial charge in [0.05, 0.1) is 13.2 Å². The van der Waals surface area contributed by atoms with Crippen molar-refractivity contribution < 1.29 is 19.1 Å². The van der Waals surface area contributed by atoms with E-state index in [0.29, 0.717) is 5.56 Å². The van der Waals surface area contributed by atoms with E-state index in [2.05, 4.69) is 10.5 Å². The lowest BCUT2D eigenvalue weighted by Crippen LogP contribution is -2.27. The summed E-state index contributed by atoms with van der Waals surface area (Å²) < 4.78 is 9.81. The van der Waals surface area contributed by atoms with Crippen molar-refractivity contribution in [3.8, 4) is 0 Å². The molecule has 108 valence electrons. The van der Waals surface area contributed by atoms with E-state index >= 15 is 0 Å². The Morgan fingerprint density at radius 3 is 2.40 bits per heavy atom. The molecular weight excluding hydrogens is 260 g/mol. The number of ether oxygens (including phenoxy) is 2. The maximum Gasteiger partial charge on any atom is 0.395 e. The van der Waals surface area contributed by atoms with Crippen molar-refractivity contribution in [1.29, 1.82) is 0 Å². The van der Waals surface area contributed by atoms with Gasteiger partial charge in [0.2, 0.25) is 0 Å². The molecular formula is C14H18N2O4. The monoisotopic (exact) mass is 278 g/mol. The normalized spacial score (nSPS) is 10.8. The zero-order chi connectivity index (χ0) is 15.0. The predicted molar refractivity (Wildman–Crippen MR) is 74.3 cm³/mol. The Bertz CT molecular complexity index is 512. The van der Waals surface area contributed by atoms with Crippen molar-refractivity contribution >= 4 is 17.8 Å². The Hall–Kier alpha value is -2.37. The molecule has 0 aliphatic rings. The summed E-state index contributed by atoms with van der Waals surface area (Å²) in [6, 6.07) is 7.07. The molecule has 0 saturated carbocycles. The van der Waals surface area contributed by atoms with E-state index in [-0.39, 0.29) is 19.1 Å². The van der Waals surface area contributed by atoms with Crippen molar-refractivity contribution in [2.45, 2.75) is 20.8 Å². The Kier molecular flexibility index (Phi) is 6.22. The summed E-state index contributed by atoms with van der Waals surface area (Å²) >= 11 is 0. The maximum atomic E-state index is 11.9. The fourth-order valence-corrected chi connectivity index (χ4v) is 1.46. The van der Waals surface area contributed by atoms with E-state index < -0.39 is 11.9 Å². The van der Waals surface area contributed by atoms with Crippen LogP contribution in [0.3, 0.4) is 0 Å². The first-order chi connectivity index (χ1) is 9.60. The van der Waals surface area contributed by atoms with Gasteiger partial charge in [-0.3, -0.25) is 4.79 Å². The largest absolute Gasteiger partial charge is 0.472 e. The molecule has 1 aromatic rings. The molecule has 20 heavy (non-hydrogen) atoms. The van der Waals surface area contributed by atoms with E-state index in [1.807, 2.05) is 19.1 Å². The molecule has 0 fully saturated rings. The topological polar surface area (TPSA) is 77.0 Å². The van der Waals surface area contributed by atoms with Crippen molar-refractivity contribution in [2.75, 3.05) is 13.2 Å². The van der Waals surface area contributed by atoms with Crippen LogP contribution in [0.15, 0.2) is 29.4 Å². The lowest BCUT2D eigenvalue weighted by Gasteiger charge is -2.07. The number of hydrogen-bond acceptors (Lipinski definition) is 5. The summed E-state index contributed by atoms with van der Waals surface area (Å²) in [7, 11) is 0. The average molecular weight is 278 g/mol. The molecule has 1 N–H and O–H groups in total. The average Bonchev–Trinajstić information content (AvgIpc) is 2.43. The number of carbonyl (C=O) groups is 2. The van der Waals surface area contributed by atoms with Crippen LogP contribution in [0.5, 0.6) is 0 Å². The number of nitrogens with zero attached hydrogens (tertiary/aromatic N) is 1. The number of benzene rings is 1. The minimum Gasteiger partial charge on any atom is -0.472 e. The Morgan fingerprint density at radius 1 is 1.15 bits per heavy atom. The molecule has 6 nitrogen and oxygen atoms in total. The van der Waals surface area contributed by atoms with Gasteiger partial charge in [0.15, 0.2) is 0 Å². The van der Waals surface area contributed by atoms with Crippen molar-refractivity contribution in [1.82, 2.24) is 5.43 Å². The molecule has 0 aromatic heterocycles. The number of aryl methyl sites for hydroxylation is 1. The fourth-order valence-electron chi connectivity index (χ4n) is 1.46. The molecule has 0 atom stereocenters. The standard InChI is InChI=1S/C14H18N2O4/c1-4-19-13(14(18)20-5-2)16-15-12(17)11-9-7-6-8-10(11)3/h6-9H,4-5H2,1-3H3,(H,15,17)/b16-13+. The number of amides is 1. The summed E-state index contributed by atoms with van der Waals surface area (Å²) in [6.07, 6.45) is 0. The van der Waals surface area contributed by atoms with Crippen LogP contribution in [-0.2, 0) is 14.3 Å². The number of esters is 1. The van der Waals surface area contributed by atoms with Gasteiger partial charge >= 0.3 is 11.9 Å². The lowest BCUT2D eigenvalue weighted by molar-refractivity contribution is -0.136. The number of hydrazone groups is 1. The van der Waals surface area contributed by atoms with Gasteiger partial charge in [-0.05, 0) is 32.4 Å². The molecule has 1 aromatic carbocycles. The van der Waals surface area contributed by atoms with Gasteiger partial charge in [0, 0.05) is 5.56 Å². The van der Waals surface area contributed by atoms with Crippen molar-refractivity contribution in [3.05, 3.63) is 35.4 Å². The predicted octanol–water partition coefficient (Wildman–Crippen LogP) is 1.64. The third kappa shape index (κ3) is 4.38. The van der Waals surface area contributed by atoms with Gasteiger partial charge in [0.25, 0.3) is 5.91 Å². The molecule has 1 rings (SSSR count). The van der Waals surface area contributed by atoms with E-state index in [9.17, 15) is 9.59 Å². The highest BCUT2D eigenvalue weighted by Gasteiger charge is 2.15. The lowest BCUT2D eigenvalue weighted by atomic mass is 10.1.